The molecule has 0 fully saturated rings. The number of urea groups is 1. The van der Waals surface area contributed by atoms with Crippen molar-refractivity contribution in [3.05, 3.63) is 84.4 Å². The first kappa shape index (κ1) is 16.8. The molecule has 0 unspecified atom stereocenters. The van der Waals surface area contributed by atoms with Gasteiger partial charge in [-0.25, -0.2) is 14.2 Å². The third-order valence-corrected chi connectivity index (χ3v) is 4.24. The van der Waals surface area contributed by atoms with Gasteiger partial charge in [-0.2, -0.15) is 0 Å². The lowest BCUT2D eigenvalue weighted by atomic mass is 10.1. The van der Waals surface area contributed by atoms with E-state index in [0.29, 0.717) is 5.69 Å². The van der Waals surface area contributed by atoms with Crippen LogP contribution in [0, 0.1) is 12.7 Å². The first-order valence-electron chi connectivity index (χ1n) is 8.47. The molecule has 0 aliphatic rings. The highest BCUT2D eigenvalue weighted by atomic mass is 19.1. The predicted molar refractivity (Wildman–Crippen MR) is 104 cm³/mol. The van der Waals surface area contributed by atoms with Crippen LogP contribution in [0.25, 0.3) is 16.9 Å². The Labute approximate surface area is 155 Å². The van der Waals surface area contributed by atoms with Crippen molar-refractivity contribution in [2.24, 2.45) is 0 Å². The van der Waals surface area contributed by atoms with Gasteiger partial charge in [0.2, 0.25) is 0 Å². The van der Waals surface area contributed by atoms with Crippen molar-refractivity contribution in [3.8, 4) is 11.3 Å². The molecule has 2 aromatic carbocycles. The Morgan fingerprint density at radius 1 is 1.00 bits per heavy atom. The molecule has 4 rings (SSSR count). The molecule has 2 aromatic heterocycles. The highest BCUT2D eigenvalue weighted by Gasteiger charge is 2.08. The zero-order valence-electron chi connectivity index (χ0n) is 14.6. The van der Waals surface area contributed by atoms with E-state index < -0.39 is 11.8 Å². The summed E-state index contributed by atoms with van der Waals surface area (Å²) in [7, 11) is 0. The van der Waals surface area contributed by atoms with E-state index in [1.165, 1.54) is 12.1 Å². The van der Waals surface area contributed by atoms with E-state index in [2.05, 4.69) is 15.6 Å². The number of benzene rings is 2. The minimum Gasteiger partial charge on any atom is -0.308 e. The van der Waals surface area contributed by atoms with Gasteiger partial charge in [-0.15, -0.1) is 0 Å². The lowest BCUT2D eigenvalue weighted by molar-refractivity contribution is 0.262. The minimum absolute atomic E-state index is 0.131. The number of halogens is 1. The fraction of sp³-hybridized carbons (Fsp3) is 0.0476. The second-order valence-corrected chi connectivity index (χ2v) is 6.18. The third-order valence-electron chi connectivity index (χ3n) is 4.24. The van der Waals surface area contributed by atoms with Crippen LogP contribution >= 0.6 is 0 Å². The van der Waals surface area contributed by atoms with Gasteiger partial charge in [0.1, 0.15) is 11.5 Å². The number of aryl methyl sites for hydroxylation is 1. The number of pyridine rings is 1. The molecule has 2 N–H and O–H groups in total. The Balaban J connectivity index is 1.49. The van der Waals surface area contributed by atoms with Gasteiger partial charge < -0.3 is 15.0 Å². The average molecular weight is 360 g/mol. The standard InChI is InChI=1S/C21H17FN4O/c1-14-5-4-12-26-13-19(24-20(14)26)15-8-10-16(11-9-15)23-21(27)25-18-7-3-2-6-17(18)22/h2-13H,1H3,(H2,23,25,27). The lowest BCUT2D eigenvalue weighted by Gasteiger charge is -2.08. The normalized spacial score (nSPS) is 10.7. The largest absolute Gasteiger partial charge is 0.323 e. The fourth-order valence-corrected chi connectivity index (χ4v) is 2.86. The summed E-state index contributed by atoms with van der Waals surface area (Å²) in [5.41, 5.74) is 4.55. The SMILES string of the molecule is Cc1cccn2cc(-c3ccc(NC(=O)Nc4ccccc4F)cc3)nc12. The number of amides is 2. The topological polar surface area (TPSA) is 58.4 Å². The molecule has 5 nitrogen and oxygen atoms in total. The van der Waals surface area contributed by atoms with Gasteiger partial charge in [-0.1, -0.05) is 30.3 Å². The van der Waals surface area contributed by atoms with Crippen LogP contribution < -0.4 is 10.6 Å². The third kappa shape index (κ3) is 3.50. The molecule has 0 radical (unpaired) electrons. The smallest absolute Gasteiger partial charge is 0.308 e. The van der Waals surface area contributed by atoms with E-state index in [-0.39, 0.29) is 5.69 Å². The summed E-state index contributed by atoms with van der Waals surface area (Å²) in [5, 5.41) is 5.18. The number of hydrogen-bond donors (Lipinski definition) is 2. The molecule has 134 valence electrons. The Kier molecular flexibility index (Phi) is 4.30. The molecule has 0 aliphatic carbocycles. The van der Waals surface area contributed by atoms with Crippen LogP contribution in [0.15, 0.2) is 73.1 Å². The number of rotatable bonds is 3. The number of para-hydroxylation sites is 1. The zero-order valence-corrected chi connectivity index (χ0v) is 14.6. The van der Waals surface area contributed by atoms with Gasteiger partial charge in [-0.05, 0) is 42.8 Å². The molecule has 4 aromatic rings. The van der Waals surface area contributed by atoms with Crippen LogP contribution in [0.1, 0.15) is 5.56 Å². The summed E-state index contributed by atoms with van der Waals surface area (Å²) in [4.78, 5) is 16.7. The molecule has 2 heterocycles. The van der Waals surface area contributed by atoms with Gasteiger partial charge in [0, 0.05) is 23.6 Å². The summed E-state index contributed by atoms with van der Waals surface area (Å²) in [5.74, 6) is -0.481. The Morgan fingerprint density at radius 2 is 1.78 bits per heavy atom. The van der Waals surface area contributed by atoms with E-state index in [9.17, 15) is 9.18 Å². The van der Waals surface area contributed by atoms with Crippen LogP contribution in [0.3, 0.4) is 0 Å². The highest BCUT2D eigenvalue weighted by molar-refractivity contribution is 5.99. The van der Waals surface area contributed by atoms with E-state index >= 15 is 0 Å². The molecule has 0 bridgehead atoms. The maximum Gasteiger partial charge on any atom is 0.323 e. The Bertz CT molecular complexity index is 1120. The lowest BCUT2D eigenvalue weighted by Crippen LogP contribution is -2.20. The minimum atomic E-state index is -0.504. The van der Waals surface area contributed by atoms with Gasteiger partial charge in [0.05, 0.1) is 11.4 Å². The van der Waals surface area contributed by atoms with Crippen LogP contribution in [0.5, 0.6) is 0 Å². The van der Waals surface area contributed by atoms with E-state index in [4.69, 9.17) is 0 Å². The molecule has 0 aliphatic heterocycles. The number of carbonyl (C=O) groups excluding carboxylic acids is 1. The van der Waals surface area contributed by atoms with Crippen molar-refractivity contribution in [3.63, 3.8) is 0 Å². The number of carbonyl (C=O) groups is 1. The van der Waals surface area contributed by atoms with Gasteiger partial charge in [0.25, 0.3) is 0 Å². The average Bonchev–Trinajstić information content (AvgIpc) is 3.10. The summed E-state index contributed by atoms with van der Waals surface area (Å²) in [6.45, 7) is 2.02. The number of hydrogen-bond acceptors (Lipinski definition) is 2. The summed E-state index contributed by atoms with van der Waals surface area (Å²) < 4.78 is 15.6. The fourth-order valence-electron chi connectivity index (χ4n) is 2.86. The molecule has 0 atom stereocenters. The number of fused-ring (bicyclic) bond motifs is 1. The van der Waals surface area contributed by atoms with Crippen molar-refractivity contribution in [2.45, 2.75) is 6.92 Å². The Morgan fingerprint density at radius 3 is 2.52 bits per heavy atom. The molecular weight excluding hydrogens is 343 g/mol. The predicted octanol–water partition coefficient (Wildman–Crippen LogP) is 5.09. The molecule has 0 spiro atoms. The summed E-state index contributed by atoms with van der Waals surface area (Å²) in [6.07, 6.45) is 3.93. The van der Waals surface area contributed by atoms with Crippen molar-refractivity contribution >= 4 is 23.1 Å². The molecule has 2 amide bonds. The van der Waals surface area contributed by atoms with Crippen molar-refractivity contribution in [1.29, 1.82) is 0 Å². The van der Waals surface area contributed by atoms with Gasteiger partial charge in [-0.3, -0.25) is 0 Å². The summed E-state index contributed by atoms with van der Waals surface area (Å²) in [6, 6.07) is 16.9. The van der Waals surface area contributed by atoms with E-state index in [1.807, 2.05) is 48.0 Å². The summed E-state index contributed by atoms with van der Waals surface area (Å²) >= 11 is 0. The van der Waals surface area contributed by atoms with Crippen LogP contribution in [0.4, 0.5) is 20.6 Å². The number of anilines is 2. The number of nitrogens with one attached hydrogen (secondary N) is 2. The van der Waals surface area contributed by atoms with Crippen LogP contribution in [-0.4, -0.2) is 15.4 Å². The molecular formula is C21H17FN4O. The monoisotopic (exact) mass is 360 g/mol. The van der Waals surface area contributed by atoms with Gasteiger partial charge in [0.15, 0.2) is 0 Å². The quantitative estimate of drug-likeness (QED) is 0.534. The van der Waals surface area contributed by atoms with E-state index in [1.54, 1.807) is 24.3 Å². The first-order chi connectivity index (χ1) is 13.1. The number of nitrogens with zero attached hydrogens (tertiary/aromatic N) is 2. The second-order valence-electron chi connectivity index (χ2n) is 6.18. The maximum atomic E-state index is 13.6. The van der Waals surface area contributed by atoms with Crippen LogP contribution in [-0.2, 0) is 0 Å². The second kappa shape index (κ2) is 6.92. The Hall–Kier alpha value is -3.67. The van der Waals surface area contributed by atoms with Gasteiger partial charge >= 0.3 is 6.03 Å². The number of imidazole rings is 1. The highest BCUT2D eigenvalue weighted by Crippen LogP contribution is 2.22. The maximum absolute atomic E-state index is 13.6. The molecule has 6 heteroatoms. The van der Waals surface area contributed by atoms with Crippen molar-refractivity contribution in [2.75, 3.05) is 10.6 Å². The van der Waals surface area contributed by atoms with E-state index in [0.717, 1.165) is 22.5 Å². The van der Waals surface area contributed by atoms with Crippen LogP contribution in [0.2, 0.25) is 0 Å². The first-order valence-corrected chi connectivity index (χ1v) is 8.47. The zero-order chi connectivity index (χ0) is 18.8. The molecule has 0 saturated heterocycles. The molecule has 27 heavy (non-hydrogen) atoms. The van der Waals surface area contributed by atoms with Crippen molar-refractivity contribution < 1.29 is 9.18 Å². The number of aromatic nitrogens is 2. The van der Waals surface area contributed by atoms with Crippen molar-refractivity contribution in [1.82, 2.24) is 9.38 Å². The molecule has 0 saturated carbocycles.